The Kier molecular flexibility index (Phi) is 4.58. The second kappa shape index (κ2) is 5.96. The van der Waals surface area contributed by atoms with Crippen LogP contribution in [0.3, 0.4) is 0 Å². The van der Waals surface area contributed by atoms with E-state index in [9.17, 15) is 0 Å². The molecule has 94 valence electrons. The molecule has 0 aromatic rings. The largest absolute Gasteiger partial charge is 0.316 e. The summed E-state index contributed by atoms with van der Waals surface area (Å²) in [7, 11) is 4.31. The van der Waals surface area contributed by atoms with Crippen LogP contribution in [0.5, 0.6) is 0 Å². The molecular formula is C12H26N4. The Hall–Kier alpha value is -0.160. The maximum Gasteiger partial charge on any atom is 0.0110 e. The molecule has 0 spiro atoms. The van der Waals surface area contributed by atoms with Crippen LogP contribution in [0.1, 0.15) is 0 Å². The normalized spacial score (nSPS) is 24.9. The lowest BCUT2D eigenvalue weighted by Crippen LogP contribution is -2.53. The Bertz CT molecular complexity index is 195. The van der Waals surface area contributed by atoms with Gasteiger partial charge in [-0.25, -0.2) is 0 Å². The molecule has 4 heteroatoms. The van der Waals surface area contributed by atoms with Crippen LogP contribution >= 0.6 is 0 Å². The van der Waals surface area contributed by atoms with Crippen molar-refractivity contribution >= 4 is 0 Å². The number of piperazine rings is 1. The molecule has 0 unspecified atom stereocenters. The van der Waals surface area contributed by atoms with Crippen LogP contribution < -0.4 is 5.32 Å². The summed E-state index contributed by atoms with van der Waals surface area (Å²) in [5.74, 6) is 0.924. The second-order valence-corrected chi connectivity index (χ2v) is 5.47. The number of rotatable bonds is 5. The Balaban J connectivity index is 1.58. The first-order valence-corrected chi connectivity index (χ1v) is 6.54. The van der Waals surface area contributed by atoms with Crippen LogP contribution in [0.25, 0.3) is 0 Å². The zero-order valence-corrected chi connectivity index (χ0v) is 10.8. The van der Waals surface area contributed by atoms with Gasteiger partial charge in [0.1, 0.15) is 0 Å². The van der Waals surface area contributed by atoms with E-state index in [1.54, 1.807) is 0 Å². The van der Waals surface area contributed by atoms with E-state index in [1.165, 1.54) is 58.9 Å². The van der Waals surface area contributed by atoms with Crippen molar-refractivity contribution in [1.82, 2.24) is 20.0 Å². The molecule has 0 amide bonds. The van der Waals surface area contributed by atoms with Gasteiger partial charge < -0.3 is 15.1 Å². The zero-order valence-electron chi connectivity index (χ0n) is 10.8. The predicted octanol–water partition coefficient (Wildman–Crippen LogP) is -0.615. The molecule has 0 aromatic heterocycles. The van der Waals surface area contributed by atoms with Crippen molar-refractivity contribution in [2.75, 3.05) is 73.0 Å². The molecule has 2 aliphatic rings. The number of hydrogen-bond acceptors (Lipinski definition) is 4. The maximum atomic E-state index is 3.35. The fourth-order valence-electron chi connectivity index (χ4n) is 2.38. The third-order valence-corrected chi connectivity index (χ3v) is 3.71. The van der Waals surface area contributed by atoms with Crippen LogP contribution in [0.2, 0.25) is 0 Å². The van der Waals surface area contributed by atoms with Crippen LogP contribution in [-0.2, 0) is 0 Å². The smallest absolute Gasteiger partial charge is 0.0110 e. The molecule has 0 atom stereocenters. The van der Waals surface area contributed by atoms with Crippen molar-refractivity contribution < 1.29 is 0 Å². The molecule has 16 heavy (non-hydrogen) atoms. The second-order valence-electron chi connectivity index (χ2n) is 5.47. The third-order valence-electron chi connectivity index (χ3n) is 3.71. The summed E-state index contributed by atoms with van der Waals surface area (Å²) in [6.45, 7) is 11.3. The lowest BCUT2D eigenvalue weighted by atomic mass is 10.0. The molecule has 2 heterocycles. The molecule has 2 aliphatic heterocycles. The van der Waals surface area contributed by atoms with Gasteiger partial charge in [-0.2, -0.15) is 0 Å². The van der Waals surface area contributed by atoms with Crippen LogP contribution in [0, 0.1) is 5.92 Å². The van der Waals surface area contributed by atoms with Gasteiger partial charge in [-0.05, 0) is 20.0 Å². The van der Waals surface area contributed by atoms with Crippen LogP contribution in [-0.4, -0.2) is 87.7 Å². The minimum atomic E-state index is 0.924. The maximum absolute atomic E-state index is 3.35. The van der Waals surface area contributed by atoms with Crippen molar-refractivity contribution in [1.29, 1.82) is 0 Å². The molecule has 0 aromatic carbocycles. The fraction of sp³-hybridized carbons (Fsp3) is 1.00. The highest BCUT2D eigenvalue weighted by Crippen LogP contribution is 2.08. The van der Waals surface area contributed by atoms with E-state index < -0.39 is 0 Å². The summed E-state index contributed by atoms with van der Waals surface area (Å²) in [4.78, 5) is 7.50. The Morgan fingerprint density at radius 3 is 2.19 bits per heavy atom. The lowest BCUT2D eigenvalue weighted by Gasteiger charge is -2.39. The van der Waals surface area contributed by atoms with Gasteiger partial charge in [0.25, 0.3) is 0 Å². The molecular weight excluding hydrogens is 200 g/mol. The summed E-state index contributed by atoms with van der Waals surface area (Å²) < 4.78 is 0. The standard InChI is InChI=1S/C12H26N4/c1-14(2)3-4-15-5-7-16(8-6-15)11-12-9-13-10-12/h12-13H,3-11H2,1-2H3. The summed E-state index contributed by atoms with van der Waals surface area (Å²) in [5.41, 5.74) is 0. The topological polar surface area (TPSA) is 21.8 Å². The van der Waals surface area contributed by atoms with E-state index in [2.05, 4.69) is 34.1 Å². The fourth-order valence-corrected chi connectivity index (χ4v) is 2.38. The Labute approximate surface area is 99.6 Å². The van der Waals surface area contributed by atoms with E-state index in [1.807, 2.05) is 0 Å². The monoisotopic (exact) mass is 226 g/mol. The van der Waals surface area contributed by atoms with Crippen molar-refractivity contribution in [3.05, 3.63) is 0 Å². The van der Waals surface area contributed by atoms with E-state index >= 15 is 0 Å². The van der Waals surface area contributed by atoms with Gasteiger partial charge in [-0.1, -0.05) is 0 Å². The highest BCUT2D eigenvalue weighted by molar-refractivity contribution is 4.81. The highest BCUT2D eigenvalue weighted by Gasteiger charge is 2.23. The van der Waals surface area contributed by atoms with Gasteiger partial charge in [0.15, 0.2) is 0 Å². The number of nitrogens with zero attached hydrogens (tertiary/aromatic N) is 3. The van der Waals surface area contributed by atoms with Crippen molar-refractivity contribution in [2.45, 2.75) is 0 Å². The van der Waals surface area contributed by atoms with Crippen molar-refractivity contribution in [3.8, 4) is 0 Å². The average molecular weight is 226 g/mol. The average Bonchev–Trinajstić information content (AvgIpc) is 2.22. The van der Waals surface area contributed by atoms with Gasteiger partial charge >= 0.3 is 0 Å². The third kappa shape index (κ3) is 3.70. The summed E-state index contributed by atoms with van der Waals surface area (Å²) in [6.07, 6.45) is 0. The molecule has 1 N–H and O–H groups in total. The van der Waals surface area contributed by atoms with Crippen molar-refractivity contribution in [2.24, 2.45) is 5.92 Å². The first-order valence-electron chi connectivity index (χ1n) is 6.54. The summed E-state index contributed by atoms with van der Waals surface area (Å²) in [5, 5.41) is 3.35. The first-order chi connectivity index (χ1) is 7.74. The van der Waals surface area contributed by atoms with E-state index in [-0.39, 0.29) is 0 Å². The minimum Gasteiger partial charge on any atom is -0.316 e. The SMILES string of the molecule is CN(C)CCN1CCN(CC2CNC2)CC1. The van der Waals surface area contributed by atoms with Crippen LogP contribution in [0.4, 0.5) is 0 Å². The van der Waals surface area contributed by atoms with Crippen LogP contribution in [0.15, 0.2) is 0 Å². The van der Waals surface area contributed by atoms with E-state index in [4.69, 9.17) is 0 Å². The summed E-state index contributed by atoms with van der Waals surface area (Å²) >= 11 is 0. The van der Waals surface area contributed by atoms with E-state index in [0.717, 1.165) is 5.92 Å². The van der Waals surface area contributed by atoms with Gasteiger partial charge in [-0.15, -0.1) is 0 Å². The quantitative estimate of drug-likeness (QED) is 0.675. The molecule has 4 nitrogen and oxygen atoms in total. The van der Waals surface area contributed by atoms with Gasteiger partial charge in [-0.3, -0.25) is 4.90 Å². The minimum absolute atomic E-state index is 0.924. The van der Waals surface area contributed by atoms with Gasteiger partial charge in [0.2, 0.25) is 0 Å². The number of likely N-dealkylation sites (N-methyl/N-ethyl adjacent to an activating group) is 1. The van der Waals surface area contributed by atoms with Gasteiger partial charge in [0.05, 0.1) is 0 Å². The zero-order chi connectivity index (χ0) is 11.4. The first kappa shape index (κ1) is 12.3. The molecule has 0 saturated carbocycles. The molecule has 2 fully saturated rings. The molecule has 2 rings (SSSR count). The highest BCUT2D eigenvalue weighted by atomic mass is 15.3. The Morgan fingerprint density at radius 1 is 1.06 bits per heavy atom. The molecule has 0 radical (unpaired) electrons. The molecule has 2 saturated heterocycles. The summed E-state index contributed by atoms with van der Waals surface area (Å²) in [6, 6.07) is 0. The predicted molar refractivity (Wildman–Crippen MR) is 67.8 cm³/mol. The van der Waals surface area contributed by atoms with Crippen molar-refractivity contribution in [3.63, 3.8) is 0 Å². The lowest BCUT2D eigenvalue weighted by molar-refractivity contribution is 0.102. The van der Waals surface area contributed by atoms with E-state index in [0.29, 0.717) is 0 Å². The number of hydrogen-bond donors (Lipinski definition) is 1. The Morgan fingerprint density at radius 2 is 1.69 bits per heavy atom. The molecule has 0 bridgehead atoms. The molecule has 0 aliphatic carbocycles. The number of nitrogens with one attached hydrogen (secondary N) is 1. The van der Waals surface area contributed by atoms with Gasteiger partial charge in [0, 0.05) is 58.9 Å².